The number of alkyl halides is 3. The standard InChI is InChI=1S/C18H19F3N2O3/c19-18(20,21)11-5-7-12(8-6-11)22-15(24)9-10-23-16(25)13-3-1-2-4-14(13)17(23)26/h5-8,13-14H,1-4,9-10H2,(H,22,24). The number of halogens is 3. The first kappa shape index (κ1) is 18.4. The first-order valence-corrected chi connectivity index (χ1v) is 8.59. The summed E-state index contributed by atoms with van der Waals surface area (Å²) < 4.78 is 37.6. The molecule has 2 atom stereocenters. The summed E-state index contributed by atoms with van der Waals surface area (Å²) in [5.41, 5.74) is -0.567. The number of hydrogen-bond acceptors (Lipinski definition) is 3. The van der Waals surface area contributed by atoms with Crippen LogP contribution < -0.4 is 5.32 Å². The number of rotatable bonds is 4. The molecule has 1 saturated carbocycles. The van der Waals surface area contributed by atoms with Crippen LogP contribution in [-0.4, -0.2) is 29.2 Å². The quantitative estimate of drug-likeness (QED) is 0.830. The Labute approximate surface area is 148 Å². The van der Waals surface area contributed by atoms with Gasteiger partial charge in [0.2, 0.25) is 17.7 Å². The monoisotopic (exact) mass is 368 g/mol. The fraction of sp³-hybridized carbons (Fsp3) is 0.500. The van der Waals surface area contributed by atoms with Gasteiger partial charge in [0, 0.05) is 18.7 Å². The molecule has 0 bridgehead atoms. The van der Waals surface area contributed by atoms with E-state index in [-0.39, 0.29) is 42.3 Å². The summed E-state index contributed by atoms with van der Waals surface area (Å²) in [7, 11) is 0. The predicted octanol–water partition coefficient (Wildman–Crippen LogP) is 3.21. The highest BCUT2D eigenvalue weighted by molar-refractivity contribution is 6.05. The Bertz CT molecular complexity index is 691. The van der Waals surface area contributed by atoms with E-state index in [1.165, 1.54) is 12.1 Å². The maximum Gasteiger partial charge on any atom is 0.416 e. The number of nitrogens with one attached hydrogen (secondary N) is 1. The molecule has 1 aliphatic carbocycles. The van der Waals surface area contributed by atoms with Gasteiger partial charge in [-0.05, 0) is 37.1 Å². The minimum absolute atomic E-state index is 0.00284. The number of amides is 3. The summed E-state index contributed by atoms with van der Waals surface area (Å²) >= 11 is 0. The molecule has 26 heavy (non-hydrogen) atoms. The first-order valence-electron chi connectivity index (χ1n) is 8.59. The van der Waals surface area contributed by atoms with Crippen LogP contribution in [0.2, 0.25) is 0 Å². The third-order valence-electron chi connectivity index (χ3n) is 4.99. The fourth-order valence-electron chi connectivity index (χ4n) is 3.63. The number of benzene rings is 1. The second-order valence-electron chi connectivity index (χ2n) is 6.70. The van der Waals surface area contributed by atoms with Crippen LogP contribution in [0.3, 0.4) is 0 Å². The molecule has 5 nitrogen and oxygen atoms in total. The lowest BCUT2D eigenvalue weighted by Crippen LogP contribution is -2.34. The van der Waals surface area contributed by atoms with E-state index in [0.717, 1.165) is 29.9 Å². The summed E-state index contributed by atoms with van der Waals surface area (Å²) in [6.07, 6.45) is -1.23. The average Bonchev–Trinajstić information content (AvgIpc) is 2.84. The van der Waals surface area contributed by atoms with Gasteiger partial charge < -0.3 is 5.32 Å². The molecule has 140 valence electrons. The number of nitrogens with zero attached hydrogens (tertiary/aromatic N) is 1. The molecule has 3 rings (SSSR count). The minimum atomic E-state index is -4.43. The van der Waals surface area contributed by atoms with Crippen molar-refractivity contribution in [1.82, 2.24) is 4.90 Å². The smallest absolute Gasteiger partial charge is 0.326 e. The van der Waals surface area contributed by atoms with Crippen molar-refractivity contribution in [2.75, 3.05) is 11.9 Å². The van der Waals surface area contributed by atoms with E-state index >= 15 is 0 Å². The summed E-state index contributed by atoms with van der Waals surface area (Å²) in [6, 6.07) is 4.10. The van der Waals surface area contributed by atoms with Crippen molar-refractivity contribution in [3.63, 3.8) is 0 Å². The lowest BCUT2D eigenvalue weighted by atomic mass is 9.81. The van der Waals surface area contributed by atoms with Crippen molar-refractivity contribution in [2.24, 2.45) is 11.8 Å². The summed E-state index contributed by atoms with van der Waals surface area (Å²) in [6.45, 7) is -0.00284. The van der Waals surface area contributed by atoms with Crippen LogP contribution in [0, 0.1) is 11.8 Å². The average molecular weight is 368 g/mol. The zero-order chi connectivity index (χ0) is 18.9. The van der Waals surface area contributed by atoms with Crippen molar-refractivity contribution in [2.45, 2.75) is 38.3 Å². The highest BCUT2D eigenvalue weighted by atomic mass is 19.4. The molecular weight excluding hydrogens is 349 g/mol. The van der Waals surface area contributed by atoms with Crippen molar-refractivity contribution >= 4 is 23.4 Å². The maximum absolute atomic E-state index is 12.5. The highest BCUT2D eigenvalue weighted by Gasteiger charge is 2.47. The Balaban J connectivity index is 1.54. The summed E-state index contributed by atoms with van der Waals surface area (Å²) in [5, 5.41) is 2.48. The van der Waals surface area contributed by atoms with Gasteiger partial charge >= 0.3 is 6.18 Å². The molecule has 0 aromatic heterocycles. The molecule has 1 saturated heterocycles. The zero-order valence-electron chi connectivity index (χ0n) is 14.0. The molecule has 1 aromatic rings. The number of carbonyl (C=O) groups excluding carboxylic acids is 3. The Morgan fingerprint density at radius 1 is 1.04 bits per heavy atom. The Morgan fingerprint density at radius 2 is 1.58 bits per heavy atom. The van der Waals surface area contributed by atoms with E-state index in [2.05, 4.69) is 5.32 Å². The number of carbonyl (C=O) groups is 3. The van der Waals surface area contributed by atoms with Gasteiger partial charge in [0.25, 0.3) is 0 Å². The van der Waals surface area contributed by atoms with Crippen molar-refractivity contribution < 1.29 is 27.6 Å². The zero-order valence-corrected chi connectivity index (χ0v) is 14.0. The largest absolute Gasteiger partial charge is 0.416 e. The normalized spacial score (nSPS) is 23.1. The van der Waals surface area contributed by atoms with E-state index in [1.807, 2.05) is 0 Å². The second-order valence-corrected chi connectivity index (χ2v) is 6.70. The molecule has 2 aliphatic rings. The van der Waals surface area contributed by atoms with E-state index < -0.39 is 17.6 Å². The van der Waals surface area contributed by atoms with Crippen LogP contribution in [0.1, 0.15) is 37.7 Å². The lowest BCUT2D eigenvalue weighted by molar-refractivity contribution is -0.140. The molecule has 8 heteroatoms. The van der Waals surface area contributed by atoms with Gasteiger partial charge in [-0.15, -0.1) is 0 Å². The molecule has 0 radical (unpaired) electrons. The van der Waals surface area contributed by atoms with Crippen LogP contribution >= 0.6 is 0 Å². The SMILES string of the molecule is O=C(CCN1C(=O)C2CCCCC2C1=O)Nc1ccc(C(F)(F)F)cc1. The first-order chi connectivity index (χ1) is 12.3. The summed E-state index contributed by atoms with van der Waals surface area (Å²) in [5.74, 6) is -1.38. The molecule has 1 aromatic carbocycles. The number of likely N-dealkylation sites (tertiary alicyclic amines) is 1. The Morgan fingerprint density at radius 3 is 2.08 bits per heavy atom. The molecule has 1 aliphatic heterocycles. The molecule has 1 N–H and O–H groups in total. The topological polar surface area (TPSA) is 66.5 Å². The second kappa shape index (κ2) is 7.09. The predicted molar refractivity (Wildman–Crippen MR) is 86.9 cm³/mol. The van der Waals surface area contributed by atoms with Crippen LogP contribution in [0.5, 0.6) is 0 Å². The van der Waals surface area contributed by atoms with E-state index in [0.29, 0.717) is 12.8 Å². The van der Waals surface area contributed by atoms with Gasteiger partial charge in [-0.1, -0.05) is 12.8 Å². The fourth-order valence-corrected chi connectivity index (χ4v) is 3.63. The van der Waals surface area contributed by atoms with Gasteiger partial charge in [0.05, 0.1) is 17.4 Å². The van der Waals surface area contributed by atoms with Crippen molar-refractivity contribution in [3.05, 3.63) is 29.8 Å². The van der Waals surface area contributed by atoms with E-state index in [4.69, 9.17) is 0 Å². The molecule has 2 fully saturated rings. The maximum atomic E-state index is 12.5. The van der Waals surface area contributed by atoms with E-state index in [1.54, 1.807) is 0 Å². The molecule has 0 spiro atoms. The number of imide groups is 1. The third kappa shape index (κ3) is 3.73. The van der Waals surface area contributed by atoms with Crippen LogP contribution in [-0.2, 0) is 20.6 Å². The number of fused-ring (bicyclic) bond motifs is 1. The molecule has 1 heterocycles. The van der Waals surface area contributed by atoms with Gasteiger partial charge in [-0.3, -0.25) is 19.3 Å². The van der Waals surface area contributed by atoms with Crippen LogP contribution in [0.15, 0.2) is 24.3 Å². The Kier molecular flexibility index (Phi) is 5.02. The molecule has 2 unspecified atom stereocenters. The van der Waals surface area contributed by atoms with Gasteiger partial charge in [0.15, 0.2) is 0 Å². The van der Waals surface area contributed by atoms with Gasteiger partial charge in [-0.25, -0.2) is 0 Å². The van der Waals surface area contributed by atoms with Crippen LogP contribution in [0.25, 0.3) is 0 Å². The lowest BCUT2D eigenvalue weighted by Gasteiger charge is -2.19. The van der Waals surface area contributed by atoms with Crippen molar-refractivity contribution in [3.8, 4) is 0 Å². The Hall–Kier alpha value is -2.38. The number of anilines is 1. The van der Waals surface area contributed by atoms with Crippen LogP contribution in [0.4, 0.5) is 18.9 Å². The van der Waals surface area contributed by atoms with Crippen molar-refractivity contribution in [1.29, 1.82) is 0 Å². The summed E-state index contributed by atoms with van der Waals surface area (Å²) in [4.78, 5) is 37.8. The molecular formula is C18H19F3N2O3. The number of hydrogen-bond donors (Lipinski definition) is 1. The minimum Gasteiger partial charge on any atom is -0.326 e. The van der Waals surface area contributed by atoms with Gasteiger partial charge in [-0.2, -0.15) is 13.2 Å². The third-order valence-corrected chi connectivity index (χ3v) is 4.99. The molecule has 3 amide bonds. The van der Waals surface area contributed by atoms with E-state index in [9.17, 15) is 27.6 Å². The van der Waals surface area contributed by atoms with Gasteiger partial charge in [0.1, 0.15) is 0 Å². The highest BCUT2D eigenvalue weighted by Crippen LogP contribution is 2.38.